The van der Waals surface area contributed by atoms with Gasteiger partial charge in [0.2, 0.25) is 11.0 Å². The van der Waals surface area contributed by atoms with Crippen molar-refractivity contribution in [2.45, 2.75) is 37.1 Å². The molecule has 6 nitrogen and oxygen atoms in total. The number of H-pyrrole nitrogens is 1. The Morgan fingerprint density at radius 2 is 2.04 bits per heavy atom. The lowest BCUT2D eigenvalue weighted by atomic mass is 10.2. The number of thioether (sulfide) groups is 1. The number of hydrogen-bond donors (Lipinski definition) is 2. The Bertz CT molecular complexity index is 833. The van der Waals surface area contributed by atoms with Gasteiger partial charge in [-0.15, -0.1) is 10.2 Å². The van der Waals surface area contributed by atoms with Crippen molar-refractivity contribution in [2.24, 2.45) is 0 Å². The molecule has 0 saturated heterocycles. The SMILES string of the molecule is Cc1ccc(CSc2nnc(-c3n[nH]c4c3CCC4)n2N)cc1. The summed E-state index contributed by atoms with van der Waals surface area (Å²) in [6.07, 6.45) is 3.24. The number of fused-ring (bicyclic) bond motifs is 1. The molecule has 0 saturated carbocycles. The third-order valence-electron chi connectivity index (χ3n) is 4.17. The van der Waals surface area contributed by atoms with Gasteiger partial charge < -0.3 is 5.84 Å². The molecular formula is C16H18N6S. The molecule has 1 aliphatic rings. The Labute approximate surface area is 138 Å². The number of nitrogen functional groups attached to an aromatic ring is 1. The van der Waals surface area contributed by atoms with Gasteiger partial charge in [0.25, 0.3) is 0 Å². The van der Waals surface area contributed by atoms with Crippen LogP contribution in [-0.2, 0) is 18.6 Å². The molecule has 7 heteroatoms. The highest BCUT2D eigenvalue weighted by Gasteiger charge is 2.23. The second kappa shape index (κ2) is 5.73. The summed E-state index contributed by atoms with van der Waals surface area (Å²) in [6, 6.07) is 8.48. The van der Waals surface area contributed by atoms with E-state index in [0.29, 0.717) is 11.0 Å². The molecule has 0 radical (unpaired) electrons. The molecule has 1 aromatic carbocycles. The third kappa shape index (κ3) is 2.61. The van der Waals surface area contributed by atoms with Gasteiger partial charge in [-0.05, 0) is 31.7 Å². The van der Waals surface area contributed by atoms with E-state index in [1.54, 1.807) is 16.4 Å². The van der Waals surface area contributed by atoms with Crippen LogP contribution >= 0.6 is 11.8 Å². The van der Waals surface area contributed by atoms with Crippen LogP contribution < -0.4 is 5.84 Å². The van der Waals surface area contributed by atoms with Crippen LogP contribution in [0.15, 0.2) is 29.4 Å². The van der Waals surface area contributed by atoms with Crippen molar-refractivity contribution < 1.29 is 0 Å². The van der Waals surface area contributed by atoms with E-state index >= 15 is 0 Å². The van der Waals surface area contributed by atoms with Gasteiger partial charge in [-0.3, -0.25) is 5.10 Å². The van der Waals surface area contributed by atoms with Crippen LogP contribution in [0.2, 0.25) is 0 Å². The zero-order chi connectivity index (χ0) is 15.8. The molecule has 0 aliphatic heterocycles. The topological polar surface area (TPSA) is 85.4 Å². The minimum Gasteiger partial charge on any atom is -0.335 e. The van der Waals surface area contributed by atoms with E-state index in [4.69, 9.17) is 5.84 Å². The fourth-order valence-corrected chi connectivity index (χ4v) is 3.69. The van der Waals surface area contributed by atoms with Crippen LogP contribution in [0, 0.1) is 6.92 Å². The third-order valence-corrected chi connectivity index (χ3v) is 5.19. The van der Waals surface area contributed by atoms with Crippen molar-refractivity contribution in [3.63, 3.8) is 0 Å². The zero-order valence-corrected chi connectivity index (χ0v) is 13.7. The number of hydrogen-bond acceptors (Lipinski definition) is 5. The summed E-state index contributed by atoms with van der Waals surface area (Å²) in [5.41, 5.74) is 5.78. The number of nitrogens with two attached hydrogens (primary N) is 1. The van der Waals surface area contributed by atoms with Crippen molar-refractivity contribution in [2.75, 3.05) is 5.84 Å². The Kier molecular flexibility index (Phi) is 3.57. The van der Waals surface area contributed by atoms with Crippen LogP contribution in [0.3, 0.4) is 0 Å². The first-order valence-electron chi connectivity index (χ1n) is 7.67. The number of aryl methyl sites for hydroxylation is 2. The first-order chi connectivity index (χ1) is 11.2. The molecule has 23 heavy (non-hydrogen) atoms. The summed E-state index contributed by atoms with van der Waals surface area (Å²) in [7, 11) is 0. The fourth-order valence-electron chi connectivity index (χ4n) is 2.87. The monoisotopic (exact) mass is 326 g/mol. The molecule has 4 rings (SSSR count). The van der Waals surface area contributed by atoms with Crippen LogP contribution in [0.5, 0.6) is 0 Å². The normalized spacial score (nSPS) is 13.4. The average molecular weight is 326 g/mol. The Balaban J connectivity index is 1.55. The maximum Gasteiger partial charge on any atom is 0.210 e. The first-order valence-corrected chi connectivity index (χ1v) is 8.66. The van der Waals surface area contributed by atoms with E-state index in [1.165, 1.54) is 22.4 Å². The Hall–Kier alpha value is -2.28. The minimum atomic E-state index is 0.635. The van der Waals surface area contributed by atoms with Gasteiger partial charge in [0, 0.05) is 17.0 Å². The fraction of sp³-hybridized carbons (Fsp3) is 0.312. The van der Waals surface area contributed by atoms with Gasteiger partial charge in [0.1, 0.15) is 5.69 Å². The predicted octanol–water partition coefficient (Wildman–Crippen LogP) is 2.47. The summed E-state index contributed by atoms with van der Waals surface area (Å²) < 4.78 is 1.55. The molecule has 1 aliphatic carbocycles. The number of aromatic amines is 1. The molecule has 0 bridgehead atoms. The molecule has 2 heterocycles. The van der Waals surface area contributed by atoms with Gasteiger partial charge in [-0.2, -0.15) is 5.10 Å². The number of aromatic nitrogens is 5. The van der Waals surface area contributed by atoms with E-state index in [1.807, 2.05) is 0 Å². The Morgan fingerprint density at radius 3 is 2.87 bits per heavy atom. The van der Waals surface area contributed by atoms with Gasteiger partial charge >= 0.3 is 0 Å². The van der Waals surface area contributed by atoms with Crippen LogP contribution in [0.1, 0.15) is 28.8 Å². The predicted molar refractivity (Wildman–Crippen MR) is 90.5 cm³/mol. The molecule has 0 unspecified atom stereocenters. The molecule has 0 fully saturated rings. The van der Waals surface area contributed by atoms with E-state index in [2.05, 4.69) is 51.6 Å². The largest absolute Gasteiger partial charge is 0.335 e. The second-order valence-electron chi connectivity index (χ2n) is 5.83. The molecule has 0 atom stereocenters. The number of rotatable bonds is 4. The lowest BCUT2D eigenvalue weighted by Gasteiger charge is -2.03. The minimum absolute atomic E-state index is 0.635. The molecular weight excluding hydrogens is 308 g/mol. The van der Waals surface area contributed by atoms with E-state index < -0.39 is 0 Å². The van der Waals surface area contributed by atoms with E-state index in [0.717, 1.165) is 30.7 Å². The van der Waals surface area contributed by atoms with Crippen molar-refractivity contribution in [1.82, 2.24) is 25.1 Å². The molecule has 3 aromatic rings. The molecule has 0 spiro atoms. The summed E-state index contributed by atoms with van der Waals surface area (Å²) in [5, 5.41) is 16.6. The van der Waals surface area contributed by atoms with Crippen LogP contribution in [-0.4, -0.2) is 25.1 Å². The van der Waals surface area contributed by atoms with Crippen LogP contribution in [0.4, 0.5) is 0 Å². The highest BCUT2D eigenvalue weighted by atomic mass is 32.2. The summed E-state index contributed by atoms with van der Waals surface area (Å²) in [4.78, 5) is 0. The smallest absolute Gasteiger partial charge is 0.210 e. The number of benzene rings is 1. The maximum absolute atomic E-state index is 6.19. The average Bonchev–Trinajstić information content (AvgIpc) is 3.23. The van der Waals surface area contributed by atoms with Gasteiger partial charge in [-0.1, -0.05) is 41.6 Å². The molecule has 0 amide bonds. The number of nitrogens with zero attached hydrogens (tertiary/aromatic N) is 4. The van der Waals surface area contributed by atoms with Gasteiger partial charge in [0.05, 0.1) is 0 Å². The molecule has 2 aromatic heterocycles. The zero-order valence-electron chi connectivity index (χ0n) is 12.9. The molecule has 118 valence electrons. The second-order valence-corrected chi connectivity index (χ2v) is 6.78. The van der Waals surface area contributed by atoms with Gasteiger partial charge in [-0.25, -0.2) is 4.68 Å². The van der Waals surface area contributed by atoms with Gasteiger partial charge in [0.15, 0.2) is 0 Å². The van der Waals surface area contributed by atoms with Crippen molar-refractivity contribution in [3.8, 4) is 11.5 Å². The molecule has 3 N–H and O–H groups in total. The highest BCUT2D eigenvalue weighted by Crippen LogP contribution is 2.30. The van der Waals surface area contributed by atoms with Crippen molar-refractivity contribution in [1.29, 1.82) is 0 Å². The Morgan fingerprint density at radius 1 is 1.22 bits per heavy atom. The van der Waals surface area contributed by atoms with Crippen molar-refractivity contribution >= 4 is 11.8 Å². The standard InChI is InChI=1S/C16H18N6S/c1-10-5-7-11(8-6-10)9-23-16-21-20-15(22(16)17)14-12-3-2-4-13(12)18-19-14/h5-8H,2-4,9,17H2,1H3,(H,18,19). The lowest BCUT2D eigenvalue weighted by molar-refractivity contribution is 0.839. The number of nitrogens with one attached hydrogen (secondary N) is 1. The summed E-state index contributed by atoms with van der Waals surface area (Å²) in [6.45, 7) is 2.09. The summed E-state index contributed by atoms with van der Waals surface area (Å²) >= 11 is 1.58. The quantitative estimate of drug-likeness (QED) is 0.568. The maximum atomic E-state index is 6.19. The highest BCUT2D eigenvalue weighted by molar-refractivity contribution is 7.98. The summed E-state index contributed by atoms with van der Waals surface area (Å²) in [5.74, 6) is 7.64. The lowest BCUT2D eigenvalue weighted by Crippen LogP contribution is -2.12. The first kappa shape index (κ1) is 14.3. The van der Waals surface area contributed by atoms with E-state index in [-0.39, 0.29) is 0 Å². The van der Waals surface area contributed by atoms with Crippen LogP contribution in [0.25, 0.3) is 11.5 Å². The van der Waals surface area contributed by atoms with Crippen molar-refractivity contribution in [3.05, 3.63) is 46.6 Å². The van der Waals surface area contributed by atoms with E-state index in [9.17, 15) is 0 Å².